The fourth-order valence-corrected chi connectivity index (χ4v) is 3.76. The van der Waals surface area contributed by atoms with E-state index in [1.54, 1.807) is 0 Å². The predicted octanol–water partition coefficient (Wildman–Crippen LogP) is 4.29. The summed E-state index contributed by atoms with van der Waals surface area (Å²) < 4.78 is 26.5. The summed E-state index contributed by atoms with van der Waals surface area (Å²) in [5.74, 6) is -1.01. The highest BCUT2D eigenvalue weighted by atomic mass is 32.2. The molecule has 1 aliphatic carbocycles. The molecule has 0 radical (unpaired) electrons. The van der Waals surface area contributed by atoms with Crippen molar-refractivity contribution in [2.45, 2.75) is 49.9 Å². The molecule has 1 nitrogen and oxygen atoms in total. The van der Waals surface area contributed by atoms with E-state index in [-0.39, 0.29) is 6.04 Å². The summed E-state index contributed by atoms with van der Waals surface area (Å²) in [6.07, 6.45) is 7.03. The van der Waals surface area contributed by atoms with E-state index in [0.29, 0.717) is 16.9 Å². The quantitative estimate of drug-likeness (QED) is 0.885. The molecule has 0 aliphatic heterocycles. The molecule has 1 saturated carbocycles. The van der Waals surface area contributed by atoms with Gasteiger partial charge in [0.1, 0.15) is 11.6 Å². The van der Waals surface area contributed by atoms with Crippen molar-refractivity contribution in [1.29, 1.82) is 0 Å². The van der Waals surface area contributed by atoms with Gasteiger partial charge in [-0.05, 0) is 43.7 Å². The van der Waals surface area contributed by atoms with Crippen LogP contribution in [0.3, 0.4) is 0 Å². The van der Waals surface area contributed by atoms with E-state index in [2.05, 4.69) is 11.6 Å². The van der Waals surface area contributed by atoms with Crippen LogP contribution in [0.5, 0.6) is 0 Å². The van der Waals surface area contributed by atoms with Gasteiger partial charge >= 0.3 is 0 Å². The first-order chi connectivity index (χ1) is 9.10. The lowest BCUT2D eigenvalue weighted by Gasteiger charge is -2.33. The van der Waals surface area contributed by atoms with Crippen molar-refractivity contribution in [3.05, 3.63) is 35.4 Å². The second kappa shape index (κ2) is 6.71. The zero-order chi connectivity index (χ0) is 13.8. The van der Waals surface area contributed by atoms with E-state index in [9.17, 15) is 8.78 Å². The van der Waals surface area contributed by atoms with E-state index >= 15 is 0 Å². The lowest BCUT2D eigenvalue weighted by molar-refractivity contribution is 0.355. The SMILES string of the molecule is CSC1CCCCC1NC(C)c1cc(F)cc(F)c1. The van der Waals surface area contributed by atoms with Gasteiger partial charge in [0.25, 0.3) is 0 Å². The number of rotatable bonds is 4. The van der Waals surface area contributed by atoms with Crippen LogP contribution in [-0.2, 0) is 0 Å². The predicted molar refractivity (Wildman–Crippen MR) is 77.5 cm³/mol. The van der Waals surface area contributed by atoms with Gasteiger partial charge in [-0.3, -0.25) is 0 Å². The van der Waals surface area contributed by atoms with E-state index < -0.39 is 11.6 Å². The third-order valence-electron chi connectivity index (χ3n) is 3.85. The minimum Gasteiger partial charge on any atom is -0.306 e. The normalized spacial score (nSPS) is 25.3. The minimum absolute atomic E-state index is 0.0250. The molecule has 3 unspecified atom stereocenters. The number of hydrogen-bond acceptors (Lipinski definition) is 2. The molecule has 4 heteroatoms. The molecule has 0 aromatic heterocycles. The number of halogens is 2. The Morgan fingerprint density at radius 2 is 1.79 bits per heavy atom. The van der Waals surface area contributed by atoms with Crippen LogP contribution >= 0.6 is 11.8 Å². The van der Waals surface area contributed by atoms with Crippen LogP contribution in [0, 0.1) is 11.6 Å². The van der Waals surface area contributed by atoms with Gasteiger partial charge in [0.05, 0.1) is 0 Å². The molecular formula is C15H21F2NS. The minimum atomic E-state index is -0.506. The first-order valence-electron chi connectivity index (χ1n) is 6.85. The molecule has 0 spiro atoms. The fraction of sp³-hybridized carbons (Fsp3) is 0.600. The van der Waals surface area contributed by atoms with Crippen LogP contribution in [0.4, 0.5) is 8.78 Å². The van der Waals surface area contributed by atoms with Crippen molar-refractivity contribution in [2.24, 2.45) is 0 Å². The highest BCUT2D eigenvalue weighted by Gasteiger charge is 2.25. The average Bonchev–Trinajstić information content (AvgIpc) is 2.38. The Labute approximate surface area is 118 Å². The van der Waals surface area contributed by atoms with Gasteiger partial charge in [0.2, 0.25) is 0 Å². The van der Waals surface area contributed by atoms with Gasteiger partial charge in [0, 0.05) is 23.4 Å². The molecule has 0 saturated heterocycles. The molecule has 19 heavy (non-hydrogen) atoms. The van der Waals surface area contributed by atoms with Crippen molar-refractivity contribution < 1.29 is 8.78 Å². The van der Waals surface area contributed by atoms with Gasteiger partial charge in [0.15, 0.2) is 0 Å². The summed E-state index contributed by atoms with van der Waals surface area (Å²) in [5.41, 5.74) is 0.683. The maximum Gasteiger partial charge on any atom is 0.126 e. The molecule has 1 aliphatic rings. The zero-order valence-corrected chi connectivity index (χ0v) is 12.3. The van der Waals surface area contributed by atoms with Crippen molar-refractivity contribution in [1.82, 2.24) is 5.32 Å². The maximum atomic E-state index is 13.2. The number of hydrogen-bond donors (Lipinski definition) is 1. The summed E-state index contributed by atoms with van der Waals surface area (Å²) in [6.45, 7) is 1.97. The first-order valence-corrected chi connectivity index (χ1v) is 8.14. The molecule has 106 valence electrons. The van der Waals surface area contributed by atoms with Crippen LogP contribution in [0.15, 0.2) is 18.2 Å². The molecule has 0 heterocycles. The summed E-state index contributed by atoms with van der Waals surface area (Å²) in [5, 5.41) is 4.14. The van der Waals surface area contributed by atoms with Gasteiger partial charge in [-0.2, -0.15) is 11.8 Å². The molecule has 1 fully saturated rings. The average molecular weight is 285 g/mol. The summed E-state index contributed by atoms with van der Waals surface area (Å²) in [4.78, 5) is 0. The van der Waals surface area contributed by atoms with Gasteiger partial charge in [-0.25, -0.2) is 8.78 Å². The number of nitrogens with one attached hydrogen (secondary N) is 1. The molecule has 1 aromatic carbocycles. The number of benzene rings is 1. The first kappa shape index (κ1) is 14.8. The van der Waals surface area contributed by atoms with Crippen LogP contribution < -0.4 is 5.32 Å². The van der Waals surface area contributed by atoms with Crippen molar-refractivity contribution in [3.63, 3.8) is 0 Å². The molecule has 1 aromatic rings. The molecule has 0 amide bonds. The Hall–Kier alpha value is -0.610. The lowest BCUT2D eigenvalue weighted by Crippen LogP contribution is -2.41. The monoisotopic (exact) mass is 285 g/mol. The van der Waals surface area contributed by atoms with E-state index in [1.807, 2.05) is 18.7 Å². The zero-order valence-electron chi connectivity index (χ0n) is 11.5. The summed E-state index contributed by atoms with van der Waals surface area (Å²) in [7, 11) is 0. The maximum absolute atomic E-state index is 13.2. The molecule has 0 bridgehead atoms. The highest BCUT2D eigenvalue weighted by Crippen LogP contribution is 2.29. The molecule has 3 atom stereocenters. The standard InChI is InChI=1S/C15H21F2NS/c1-10(11-7-12(16)9-13(17)8-11)18-14-5-3-4-6-15(14)19-2/h7-10,14-15,18H,3-6H2,1-2H3. The van der Waals surface area contributed by atoms with Crippen molar-refractivity contribution in [3.8, 4) is 0 Å². The largest absolute Gasteiger partial charge is 0.306 e. The third-order valence-corrected chi connectivity index (χ3v) is 5.02. The van der Waals surface area contributed by atoms with E-state index in [0.717, 1.165) is 12.5 Å². The Kier molecular flexibility index (Phi) is 5.22. The van der Waals surface area contributed by atoms with Crippen molar-refractivity contribution in [2.75, 3.05) is 6.26 Å². The van der Waals surface area contributed by atoms with Crippen LogP contribution in [0.1, 0.15) is 44.2 Å². The van der Waals surface area contributed by atoms with Gasteiger partial charge < -0.3 is 5.32 Å². The Bertz CT molecular complexity index is 404. The summed E-state index contributed by atoms with van der Waals surface area (Å²) >= 11 is 1.89. The van der Waals surface area contributed by atoms with E-state index in [4.69, 9.17) is 0 Å². The van der Waals surface area contributed by atoms with E-state index in [1.165, 1.54) is 31.4 Å². The van der Waals surface area contributed by atoms with Crippen LogP contribution in [-0.4, -0.2) is 17.5 Å². The second-order valence-electron chi connectivity index (χ2n) is 5.26. The highest BCUT2D eigenvalue weighted by molar-refractivity contribution is 7.99. The molecule has 2 rings (SSSR count). The third kappa shape index (κ3) is 3.93. The smallest absolute Gasteiger partial charge is 0.126 e. The molecule has 1 N–H and O–H groups in total. The van der Waals surface area contributed by atoms with Crippen LogP contribution in [0.2, 0.25) is 0 Å². The van der Waals surface area contributed by atoms with Gasteiger partial charge in [-0.15, -0.1) is 0 Å². The van der Waals surface area contributed by atoms with Gasteiger partial charge in [-0.1, -0.05) is 12.8 Å². The van der Waals surface area contributed by atoms with Crippen LogP contribution in [0.25, 0.3) is 0 Å². The Morgan fingerprint density at radius 1 is 1.16 bits per heavy atom. The Morgan fingerprint density at radius 3 is 2.42 bits per heavy atom. The fourth-order valence-electron chi connectivity index (χ4n) is 2.81. The second-order valence-corrected chi connectivity index (χ2v) is 6.33. The number of thioether (sulfide) groups is 1. The summed E-state index contributed by atoms with van der Waals surface area (Å²) in [6, 6.07) is 4.16. The molecular weight excluding hydrogens is 264 g/mol. The lowest BCUT2D eigenvalue weighted by atomic mass is 9.93. The van der Waals surface area contributed by atoms with Crippen molar-refractivity contribution >= 4 is 11.8 Å². The topological polar surface area (TPSA) is 12.0 Å². The Balaban J connectivity index is 2.04.